The molecule has 0 aromatic rings. The van der Waals surface area contributed by atoms with Gasteiger partial charge in [0.2, 0.25) is 6.29 Å². The van der Waals surface area contributed by atoms with E-state index in [4.69, 9.17) is 23.7 Å². The topological polar surface area (TPSA) is 265 Å². The summed E-state index contributed by atoms with van der Waals surface area (Å²) in [6.07, 6.45) is 16.3. The molecule has 7 N–H and O–H groups in total. The lowest BCUT2D eigenvalue weighted by Crippen LogP contribution is -2.65. The van der Waals surface area contributed by atoms with Crippen molar-refractivity contribution in [1.82, 2.24) is 0 Å². The first-order chi connectivity index (χ1) is 36.8. The SMILES string of the molecule is CCCCCCCCCCCCCCCC(=O)OC1C(O)C(CO)OC(OC2OC(CO)C(O)C(O)C2OS(=O)(=O)O)C1OC(=O)C(C)CC(C)CC(C)CC(C)CC(C)C(O)CCCCCCCCCCCCCCC. The van der Waals surface area contributed by atoms with E-state index in [1.54, 1.807) is 6.92 Å². The van der Waals surface area contributed by atoms with Gasteiger partial charge < -0.3 is 54.3 Å². The van der Waals surface area contributed by atoms with Crippen LogP contribution in [0.5, 0.6) is 0 Å². The van der Waals surface area contributed by atoms with Crippen LogP contribution in [0.3, 0.4) is 0 Å². The van der Waals surface area contributed by atoms with Crippen LogP contribution in [0.2, 0.25) is 0 Å². The van der Waals surface area contributed by atoms with Crippen LogP contribution in [0.1, 0.15) is 254 Å². The predicted octanol–water partition coefficient (Wildman–Crippen LogP) is 10.6. The van der Waals surface area contributed by atoms with Gasteiger partial charge in [0.05, 0.1) is 25.2 Å². The minimum Gasteiger partial charge on any atom is -0.455 e. The average molecular weight is 1130 g/mol. The van der Waals surface area contributed by atoms with E-state index < -0.39 is 103 Å². The third kappa shape index (κ3) is 30.4. The molecule has 2 rings (SSSR count). The van der Waals surface area contributed by atoms with E-state index >= 15 is 0 Å². The van der Waals surface area contributed by atoms with Crippen molar-refractivity contribution in [3.63, 3.8) is 0 Å². The number of carbonyl (C=O) groups is 2. The molecule has 2 aliphatic rings. The fourth-order valence-corrected chi connectivity index (χ4v) is 12.0. The highest BCUT2D eigenvalue weighted by molar-refractivity contribution is 7.80. The molecule has 0 aromatic carbocycles. The molecule has 0 saturated carbocycles. The molecule has 16 atom stereocenters. The summed E-state index contributed by atoms with van der Waals surface area (Å²) in [7, 11) is -5.32. The number of aliphatic hydroxyl groups excluding tert-OH is 6. The Labute approximate surface area is 466 Å². The summed E-state index contributed by atoms with van der Waals surface area (Å²) in [5, 5.41) is 64.1. The number of esters is 2. The normalized spacial score (nSPS) is 26.4. The molecule has 2 heterocycles. The lowest BCUT2D eigenvalue weighted by molar-refractivity contribution is -0.374. The zero-order valence-corrected chi connectivity index (χ0v) is 49.7. The van der Waals surface area contributed by atoms with Gasteiger partial charge in [-0.25, -0.2) is 4.18 Å². The van der Waals surface area contributed by atoms with E-state index in [2.05, 4.69) is 38.8 Å². The molecule has 17 nitrogen and oxygen atoms in total. The molecule has 0 aliphatic carbocycles. The first-order valence-corrected chi connectivity index (χ1v) is 32.1. The smallest absolute Gasteiger partial charge is 0.397 e. The van der Waals surface area contributed by atoms with E-state index in [-0.39, 0.29) is 24.4 Å². The first-order valence-electron chi connectivity index (χ1n) is 30.7. The number of aliphatic hydroxyl groups is 6. The maximum Gasteiger partial charge on any atom is 0.397 e. The second-order valence-electron chi connectivity index (χ2n) is 23.6. The van der Waals surface area contributed by atoms with Crippen LogP contribution < -0.4 is 0 Å². The van der Waals surface area contributed by atoms with Crippen LogP contribution >= 0.6 is 0 Å². The number of unbranched alkanes of at least 4 members (excludes halogenated alkanes) is 24. The van der Waals surface area contributed by atoms with Crippen LogP contribution in [0.25, 0.3) is 0 Å². The highest BCUT2D eigenvalue weighted by atomic mass is 32.3. The molecule has 2 aliphatic heterocycles. The van der Waals surface area contributed by atoms with Gasteiger partial charge >= 0.3 is 22.3 Å². The summed E-state index contributed by atoms with van der Waals surface area (Å²) in [6.45, 7) is 13.0. The molecule has 0 bridgehead atoms. The lowest BCUT2D eigenvalue weighted by atomic mass is 9.82. The Balaban J connectivity index is 2.04. The van der Waals surface area contributed by atoms with Crippen LogP contribution in [0, 0.1) is 29.6 Å². The zero-order valence-electron chi connectivity index (χ0n) is 48.9. The molecule has 0 radical (unpaired) electrons. The molecule has 0 amide bonds. The Morgan fingerprint density at radius 1 is 0.506 bits per heavy atom. The predicted molar refractivity (Wildman–Crippen MR) is 298 cm³/mol. The van der Waals surface area contributed by atoms with Gasteiger partial charge in [0.1, 0.15) is 30.5 Å². The van der Waals surface area contributed by atoms with E-state index in [1.165, 1.54) is 122 Å². The molecular formula is C59H112O17S. The Kier molecular flexibility index (Phi) is 38.5. The summed E-state index contributed by atoms with van der Waals surface area (Å²) < 4.78 is 67.2. The minimum atomic E-state index is -5.32. The standard InChI is InChI=1S/C59H112O17S/c1-8-10-12-14-16-18-20-22-24-26-28-30-32-34-47(62)45(6)38-43(4)36-42(3)37-44(5)39-46(7)57(67)74-56-54(73-50(63)35-33-31-29-27-25-23-21-19-17-15-13-11-9-2)52(65)49(41-61)72-59(56)75-58-55(76-77(68,69)70)53(66)51(64)48(40-60)71-58/h42-49,51-56,58-62,64-66H,8-41H2,1-7H3,(H,68,69,70). The summed E-state index contributed by atoms with van der Waals surface area (Å²) >= 11 is 0. The summed E-state index contributed by atoms with van der Waals surface area (Å²) in [5.41, 5.74) is 0. The molecule has 456 valence electrons. The Bertz CT molecular complexity index is 1610. The Hall–Kier alpha value is -1.55. The largest absolute Gasteiger partial charge is 0.455 e. The number of hydrogen-bond donors (Lipinski definition) is 7. The van der Waals surface area contributed by atoms with Gasteiger partial charge in [0.15, 0.2) is 24.6 Å². The average Bonchev–Trinajstić information content (AvgIpc) is 3.37. The van der Waals surface area contributed by atoms with Gasteiger partial charge in [-0.05, 0) is 62.2 Å². The summed E-state index contributed by atoms with van der Waals surface area (Å²) in [5.74, 6) is -1.29. The van der Waals surface area contributed by atoms with Crippen molar-refractivity contribution in [2.24, 2.45) is 29.6 Å². The number of ether oxygens (including phenoxy) is 5. The Morgan fingerprint density at radius 2 is 0.909 bits per heavy atom. The van der Waals surface area contributed by atoms with Gasteiger partial charge in [-0.2, -0.15) is 8.42 Å². The van der Waals surface area contributed by atoms with Gasteiger partial charge in [-0.15, -0.1) is 0 Å². The molecule has 0 aromatic heterocycles. The van der Waals surface area contributed by atoms with E-state index in [0.717, 1.165) is 64.2 Å². The maximum absolute atomic E-state index is 14.1. The second-order valence-corrected chi connectivity index (χ2v) is 24.7. The molecule has 18 heteroatoms. The highest BCUT2D eigenvalue weighted by Gasteiger charge is 2.55. The quantitative estimate of drug-likeness (QED) is 0.0170. The summed E-state index contributed by atoms with van der Waals surface area (Å²) in [6, 6.07) is 0. The third-order valence-electron chi connectivity index (χ3n) is 15.9. The van der Waals surface area contributed by atoms with Crippen molar-refractivity contribution >= 4 is 22.3 Å². The van der Waals surface area contributed by atoms with Crippen molar-refractivity contribution in [2.75, 3.05) is 13.2 Å². The van der Waals surface area contributed by atoms with E-state index in [0.29, 0.717) is 24.7 Å². The maximum atomic E-state index is 14.1. The first kappa shape index (κ1) is 71.6. The van der Waals surface area contributed by atoms with Crippen molar-refractivity contribution < 1.29 is 81.1 Å². The highest BCUT2D eigenvalue weighted by Crippen LogP contribution is 2.35. The van der Waals surface area contributed by atoms with Crippen LogP contribution in [-0.4, -0.2) is 136 Å². The zero-order chi connectivity index (χ0) is 57.2. The molecule has 77 heavy (non-hydrogen) atoms. The van der Waals surface area contributed by atoms with E-state index in [9.17, 15) is 53.2 Å². The van der Waals surface area contributed by atoms with Gasteiger partial charge in [-0.3, -0.25) is 14.1 Å². The fraction of sp³-hybridized carbons (Fsp3) is 0.966. The number of carbonyl (C=O) groups excluding carboxylic acids is 2. The van der Waals surface area contributed by atoms with Crippen molar-refractivity contribution in [1.29, 1.82) is 0 Å². The molecule has 16 unspecified atom stereocenters. The van der Waals surface area contributed by atoms with Crippen LogP contribution in [0.15, 0.2) is 0 Å². The second kappa shape index (κ2) is 41.4. The van der Waals surface area contributed by atoms with Crippen molar-refractivity contribution in [3.05, 3.63) is 0 Å². The molecule has 2 fully saturated rings. The van der Waals surface area contributed by atoms with Crippen molar-refractivity contribution in [3.8, 4) is 0 Å². The number of hydrogen-bond acceptors (Lipinski definition) is 16. The van der Waals surface area contributed by atoms with Crippen LogP contribution in [-0.2, 0) is 47.9 Å². The monoisotopic (exact) mass is 1120 g/mol. The van der Waals surface area contributed by atoms with Crippen molar-refractivity contribution in [2.45, 2.75) is 321 Å². The minimum absolute atomic E-state index is 0.0280. The molecular weight excluding hydrogens is 1010 g/mol. The van der Waals surface area contributed by atoms with Crippen LogP contribution in [0.4, 0.5) is 0 Å². The van der Waals surface area contributed by atoms with Gasteiger partial charge in [0, 0.05) is 6.42 Å². The van der Waals surface area contributed by atoms with Gasteiger partial charge in [-0.1, -0.05) is 209 Å². The molecule has 2 saturated heterocycles. The Morgan fingerprint density at radius 3 is 1.36 bits per heavy atom. The third-order valence-corrected chi connectivity index (χ3v) is 16.4. The fourth-order valence-electron chi connectivity index (χ4n) is 11.5. The molecule has 0 spiro atoms. The van der Waals surface area contributed by atoms with E-state index in [1.807, 2.05) is 6.92 Å². The lowest BCUT2D eigenvalue weighted by Gasteiger charge is -2.46. The van der Waals surface area contributed by atoms with Gasteiger partial charge in [0.25, 0.3) is 0 Å². The number of rotatable bonds is 46. The summed E-state index contributed by atoms with van der Waals surface area (Å²) in [4.78, 5) is 27.6.